The summed E-state index contributed by atoms with van der Waals surface area (Å²) in [5, 5.41) is 14.9. The maximum absolute atomic E-state index is 12.5. The van der Waals surface area contributed by atoms with E-state index in [1.165, 1.54) is 11.9 Å². The Morgan fingerprint density at radius 2 is 1.90 bits per heavy atom. The number of amides is 1. The SMILES string of the molecule is CC(Cn1cnnn1)Oc1cc(-c2cnc(Nc3ccc4c(c3)CCN(C(=O)OC(C)(C)C)C4)nc2)ccc1Cl. The van der Waals surface area contributed by atoms with Gasteiger partial charge in [0.2, 0.25) is 5.95 Å². The Morgan fingerprint density at radius 3 is 2.62 bits per heavy atom. The normalized spacial score (nSPS) is 13.9. The fraction of sp³-hybridized carbons (Fsp3) is 0.357. The van der Waals surface area contributed by atoms with Gasteiger partial charge in [0.25, 0.3) is 0 Å². The summed E-state index contributed by atoms with van der Waals surface area (Å²) < 4.78 is 13.2. The fourth-order valence-corrected chi connectivity index (χ4v) is 4.50. The van der Waals surface area contributed by atoms with Crippen molar-refractivity contribution in [2.24, 2.45) is 0 Å². The van der Waals surface area contributed by atoms with Gasteiger partial charge in [0, 0.05) is 36.7 Å². The van der Waals surface area contributed by atoms with Gasteiger partial charge in [-0.05, 0) is 85.5 Å². The Hall–Kier alpha value is -4.25. The molecule has 0 spiro atoms. The molecule has 0 aliphatic carbocycles. The monoisotopic (exact) mass is 562 g/mol. The predicted octanol–water partition coefficient (Wildman–Crippen LogP) is 5.29. The number of rotatable bonds is 7. The zero-order valence-corrected chi connectivity index (χ0v) is 23.6. The van der Waals surface area contributed by atoms with Crippen molar-refractivity contribution in [3.63, 3.8) is 0 Å². The summed E-state index contributed by atoms with van der Waals surface area (Å²) >= 11 is 6.39. The van der Waals surface area contributed by atoms with Gasteiger partial charge in [-0.1, -0.05) is 23.7 Å². The first-order valence-electron chi connectivity index (χ1n) is 13.0. The van der Waals surface area contributed by atoms with E-state index in [1.54, 1.807) is 28.0 Å². The number of tetrazole rings is 1. The van der Waals surface area contributed by atoms with Crippen LogP contribution in [0.3, 0.4) is 0 Å². The van der Waals surface area contributed by atoms with Crippen LogP contribution in [-0.2, 0) is 24.2 Å². The number of hydrogen-bond acceptors (Lipinski definition) is 9. The van der Waals surface area contributed by atoms with E-state index < -0.39 is 5.60 Å². The van der Waals surface area contributed by atoms with Crippen LogP contribution in [0.1, 0.15) is 38.8 Å². The first-order chi connectivity index (χ1) is 19.1. The van der Waals surface area contributed by atoms with E-state index in [0.29, 0.717) is 36.4 Å². The summed E-state index contributed by atoms with van der Waals surface area (Å²) in [7, 11) is 0. The van der Waals surface area contributed by atoms with E-state index in [1.807, 2.05) is 52.0 Å². The van der Waals surface area contributed by atoms with E-state index in [4.69, 9.17) is 21.1 Å². The summed E-state index contributed by atoms with van der Waals surface area (Å²) in [4.78, 5) is 23.2. The van der Waals surface area contributed by atoms with Crippen molar-refractivity contribution >= 4 is 29.3 Å². The molecule has 2 aromatic heterocycles. The van der Waals surface area contributed by atoms with E-state index >= 15 is 0 Å². The van der Waals surface area contributed by atoms with Gasteiger partial charge in [-0.2, -0.15) is 0 Å². The number of carbonyl (C=O) groups excluding carboxylic acids is 1. The van der Waals surface area contributed by atoms with Crippen molar-refractivity contribution in [3.8, 4) is 16.9 Å². The number of hydrogen-bond donors (Lipinski definition) is 1. The van der Waals surface area contributed by atoms with Crippen LogP contribution >= 0.6 is 11.6 Å². The van der Waals surface area contributed by atoms with Gasteiger partial charge in [0.1, 0.15) is 23.8 Å². The van der Waals surface area contributed by atoms with Crippen LogP contribution in [0.2, 0.25) is 5.02 Å². The lowest BCUT2D eigenvalue weighted by Gasteiger charge is -2.31. The van der Waals surface area contributed by atoms with E-state index in [2.05, 4.69) is 36.9 Å². The molecule has 1 amide bonds. The lowest BCUT2D eigenvalue weighted by Crippen LogP contribution is -2.39. The maximum Gasteiger partial charge on any atom is 0.410 e. The number of anilines is 2. The minimum Gasteiger partial charge on any atom is -0.487 e. The second-order valence-electron chi connectivity index (χ2n) is 10.7. The number of aromatic nitrogens is 6. The molecule has 11 nitrogen and oxygen atoms in total. The molecule has 1 unspecified atom stereocenters. The zero-order valence-electron chi connectivity index (χ0n) is 22.8. The van der Waals surface area contributed by atoms with Crippen molar-refractivity contribution in [1.29, 1.82) is 0 Å². The zero-order chi connectivity index (χ0) is 28.3. The van der Waals surface area contributed by atoms with Crippen molar-refractivity contribution in [2.45, 2.75) is 58.9 Å². The van der Waals surface area contributed by atoms with Crippen LogP contribution in [0, 0.1) is 0 Å². The fourth-order valence-electron chi connectivity index (χ4n) is 4.34. The largest absolute Gasteiger partial charge is 0.487 e. The van der Waals surface area contributed by atoms with Crippen molar-refractivity contribution in [2.75, 3.05) is 11.9 Å². The van der Waals surface area contributed by atoms with Gasteiger partial charge in [0.05, 0.1) is 11.6 Å². The number of carbonyl (C=O) groups is 1. The van der Waals surface area contributed by atoms with Gasteiger partial charge in [0.15, 0.2) is 0 Å². The number of nitrogens with one attached hydrogen (secondary N) is 1. The Labute approximate surface area is 237 Å². The molecular formula is C28H31ClN8O3. The molecule has 0 saturated carbocycles. The van der Waals surface area contributed by atoms with Crippen molar-refractivity contribution in [3.05, 3.63) is 71.3 Å². The summed E-state index contributed by atoms with van der Waals surface area (Å²) in [5.74, 6) is 1.04. The Kier molecular flexibility index (Phi) is 7.83. The highest BCUT2D eigenvalue weighted by molar-refractivity contribution is 6.32. The van der Waals surface area contributed by atoms with Crippen LogP contribution in [-0.4, -0.2) is 59.4 Å². The van der Waals surface area contributed by atoms with Gasteiger partial charge in [-0.15, -0.1) is 5.10 Å². The second kappa shape index (κ2) is 11.5. The highest BCUT2D eigenvalue weighted by Crippen LogP contribution is 2.31. The highest BCUT2D eigenvalue weighted by atomic mass is 35.5. The minimum atomic E-state index is -0.514. The Bertz CT molecular complexity index is 1470. The van der Waals surface area contributed by atoms with Gasteiger partial charge < -0.3 is 19.7 Å². The van der Waals surface area contributed by atoms with Gasteiger partial charge in [-0.25, -0.2) is 19.4 Å². The molecule has 4 aromatic rings. The first kappa shape index (κ1) is 27.3. The minimum absolute atomic E-state index is 0.198. The molecule has 2 aromatic carbocycles. The molecule has 1 N–H and O–H groups in total. The number of halogens is 1. The second-order valence-corrected chi connectivity index (χ2v) is 11.1. The third kappa shape index (κ3) is 6.84. The highest BCUT2D eigenvalue weighted by Gasteiger charge is 2.25. The van der Waals surface area contributed by atoms with Crippen LogP contribution in [0.4, 0.5) is 16.4 Å². The van der Waals surface area contributed by atoms with Crippen LogP contribution < -0.4 is 10.1 Å². The predicted molar refractivity (Wildman–Crippen MR) is 150 cm³/mol. The molecule has 1 aliphatic rings. The molecule has 0 radical (unpaired) electrons. The number of nitrogens with zero attached hydrogens (tertiary/aromatic N) is 7. The lowest BCUT2D eigenvalue weighted by molar-refractivity contribution is 0.0224. The van der Waals surface area contributed by atoms with Crippen LogP contribution in [0.15, 0.2) is 55.1 Å². The Morgan fingerprint density at radius 1 is 1.10 bits per heavy atom. The molecule has 0 bridgehead atoms. The molecule has 40 heavy (non-hydrogen) atoms. The van der Waals surface area contributed by atoms with E-state index in [9.17, 15) is 4.79 Å². The average Bonchev–Trinajstić information content (AvgIpc) is 3.42. The molecule has 0 saturated heterocycles. The molecule has 1 aliphatic heterocycles. The van der Waals surface area contributed by atoms with Crippen molar-refractivity contribution < 1.29 is 14.3 Å². The first-order valence-corrected chi connectivity index (χ1v) is 13.4. The van der Waals surface area contributed by atoms with E-state index in [-0.39, 0.29) is 12.2 Å². The van der Waals surface area contributed by atoms with Crippen LogP contribution in [0.5, 0.6) is 5.75 Å². The average molecular weight is 563 g/mol. The third-order valence-electron chi connectivity index (χ3n) is 6.21. The Balaban J connectivity index is 1.22. The van der Waals surface area contributed by atoms with Gasteiger partial charge in [-0.3, -0.25) is 0 Å². The molecule has 3 heterocycles. The molecule has 12 heteroatoms. The smallest absolute Gasteiger partial charge is 0.410 e. The standard InChI is InChI=1S/C28H31ClN8O3/c1-18(15-37-17-32-34-35-37)39-25-12-19(6-8-24(25)29)22-13-30-26(31-14-22)33-23-7-5-21-16-36(10-9-20(21)11-23)27(38)40-28(2,3)4/h5-8,11-14,17-18H,9-10,15-16H2,1-4H3,(H,30,31,33). The summed E-state index contributed by atoms with van der Waals surface area (Å²) in [6.45, 7) is 9.17. The number of benzene rings is 2. The quantitative estimate of drug-likeness (QED) is 0.320. The maximum atomic E-state index is 12.5. The molecule has 1 atom stereocenters. The number of ether oxygens (including phenoxy) is 2. The molecule has 0 fully saturated rings. The van der Waals surface area contributed by atoms with Gasteiger partial charge >= 0.3 is 6.09 Å². The molecular weight excluding hydrogens is 532 g/mol. The molecule has 208 valence electrons. The third-order valence-corrected chi connectivity index (χ3v) is 6.52. The molecule has 5 rings (SSSR count). The van der Waals surface area contributed by atoms with Crippen LogP contribution in [0.25, 0.3) is 11.1 Å². The van der Waals surface area contributed by atoms with E-state index in [0.717, 1.165) is 28.8 Å². The summed E-state index contributed by atoms with van der Waals surface area (Å²) in [6, 6.07) is 11.6. The van der Waals surface area contributed by atoms with Crippen molar-refractivity contribution in [1.82, 2.24) is 35.1 Å². The lowest BCUT2D eigenvalue weighted by atomic mass is 9.99. The summed E-state index contributed by atoms with van der Waals surface area (Å²) in [5.41, 5.74) is 4.36. The topological polar surface area (TPSA) is 120 Å². The summed E-state index contributed by atoms with van der Waals surface area (Å²) in [6.07, 6.45) is 5.31. The number of fused-ring (bicyclic) bond motifs is 1.